The fourth-order valence-electron chi connectivity index (χ4n) is 3.26. The Balaban J connectivity index is 1.86. The van der Waals surface area contributed by atoms with Crippen molar-refractivity contribution in [1.82, 2.24) is 10.3 Å². The number of nitrogens with one attached hydrogen (secondary N) is 1. The van der Waals surface area contributed by atoms with E-state index in [0.29, 0.717) is 6.04 Å². The molecule has 1 heterocycles. The zero-order chi connectivity index (χ0) is 14.4. The van der Waals surface area contributed by atoms with E-state index in [2.05, 4.69) is 32.3 Å². The fraction of sp³-hybridized carbons (Fsp3) is 0.824. The Morgan fingerprint density at radius 2 is 2.00 bits per heavy atom. The molecule has 3 heteroatoms. The van der Waals surface area contributed by atoms with E-state index in [0.717, 1.165) is 18.4 Å². The van der Waals surface area contributed by atoms with E-state index < -0.39 is 0 Å². The Kier molecular flexibility index (Phi) is 6.50. The molecule has 1 fully saturated rings. The number of hydrogen-bond donors (Lipinski definition) is 1. The maximum atomic E-state index is 4.72. The third-order valence-corrected chi connectivity index (χ3v) is 5.90. The Bertz CT molecular complexity index is 380. The lowest BCUT2D eigenvalue weighted by molar-refractivity contribution is 0.308. The van der Waals surface area contributed by atoms with Crippen LogP contribution in [0.3, 0.4) is 0 Å². The van der Waals surface area contributed by atoms with Crippen LogP contribution in [0.5, 0.6) is 0 Å². The molecule has 0 spiro atoms. The summed E-state index contributed by atoms with van der Waals surface area (Å²) in [4.78, 5) is 6.13. The molecule has 1 aromatic heterocycles. The van der Waals surface area contributed by atoms with Crippen LogP contribution in [0.2, 0.25) is 0 Å². The molecule has 1 unspecified atom stereocenters. The molecule has 0 saturated heterocycles. The minimum absolute atomic E-state index is 0.456. The molecule has 0 amide bonds. The Morgan fingerprint density at radius 3 is 2.65 bits per heavy atom. The van der Waals surface area contributed by atoms with Crippen LogP contribution in [0.15, 0.2) is 6.20 Å². The highest BCUT2D eigenvalue weighted by Gasteiger charge is 2.24. The third-order valence-electron chi connectivity index (χ3n) is 4.56. The van der Waals surface area contributed by atoms with Gasteiger partial charge in [0.1, 0.15) is 0 Å². The summed E-state index contributed by atoms with van der Waals surface area (Å²) in [5.41, 5.74) is 0. The first-order valence-electron chi connectivity index (χ1n) is 8.43. The summed E-state index contributed by atoms with van der Waals surface area (Å²) in [6.45, 7) is 7.87. The van der Waals surface area contributed by atoms with Gasteiger partial charge in [-0.2, -0.15) is 0 Å². The standard InChI is InChI=1S/C17H30N2S/c1-4-6-14-7-9-15(10-8-14)17-19-12-16(20-17)13(3)18-11-5-2/h12-15,18H,4-11H2,1-3H3. The minimum atomic E-state index is 0.456. The highest BCUT2D eigenvalue weighted by molar-refractivity contribution is 7.11. The maximum absolute atomic E-state index is 4.72. The second-order valence-electron chi connectivity index (χ2n) is 6.28. The lowest BCUT2D eigenvalue weighted by Crippen LogP contribution is -2.18. The van der Waals surface area contributed by atoms with Gasteiger partial charge in [0.15, 0.2) is 0 Å². The second kappa shape index (κ2) is 8.14. The molecule has 1 saturated carbocycles. The van der Waals surface area contributed by atoms with E-state index in [1.54, 1.807) is 0 Å². The molecule has 0 bridgehead atoms. The predicted octanol–water partition coefficient (Wildman–Crippen LogP) is 5.28. The summed E-state index contributed by atoms with van der Waals surface area (Å²) in [5.74, 6) is 1.72. The molecular weight excluding hydrogens is 264 g/mol. The van der Waals surface area contributed by atoms with Gasteiger partial charge in [-0.15, -0.1) is 11.3 Å². The molecule has 0 radical (unpaired) electrons. The number of thiazole rings is 1. The van der Waals surface area contributed by atoms with Gasteiger partial charge < -0.3 is 5.32 Å². The molecule has 114 valence electrons. The van der Waals surface area contributed by atoms with Crippen LogP contribution >= 0.6 is 11.3 Å². The van der Waals surface area contributed by atoms with Gasteiger partial charge in [-0.05, 0) is 51.5 Å². The second-order valence-corrected chi connectivity index (χ2v) is 7.38. The van der Waals surface area contributed by atoms with Crippen molar-refractivity contribution in [3.8, 4) is 0 Å². The Hall–Kier alpha value is -0.410. The molecule has 0 aromatic carbocycles. The van der Waals surface area contributed by atoms with Gasteiger partial charge in [-0.25, -0.2) is 4.98 Å². The fourth-order valence-corrected chi connectivity index (χ4v) is 4.37. The molecule has 1 atom stereocenters. The number of hydrogen-bond acceptors (Lipinski definition) is 3. The van der Waals surface area contributed by atoms with E-state index in [4.69, 9.17) is 4.98 Å². The van der Waals surface area contributed by atoms with Crippen LogP contribution < -0.4 is 5.32 Å². The van der Waals surface area contributed by atoms with Crippen LogP contribution in [0.25, 0.3) is 0 Å². The van der Waals surface area contributed by atoms with Gasteiger partial charge >= 0.3 is 0 Å². The number of aromatic nitrogens is 1. The van der Waals surface area contributed by atoms with Crippen LogP contribution in [0.4, 0.5) is 0 Å². The van der Waals surface area contributed by atoms with Crippen molar-refractivity contribution in [2.24, 2.45) is 5.92 Å². The zero-order valence-corrected chi connectivity index (χ0v) is 14.1. The first-order valence-corrected chi connectivity index (χ1v) is 9.25. The first-order chi connectivity index (χ1) is 9.74. The average Bonchev–Trinajstić information content (AvgIpc) is 2.96. The number of rotatable bonds is 7. The van der Waals surface area contributed by atoms with Gasteiger partial charge in [0.05, 0.1) is 5.01 Å². The maximum Gasteiger partial charge on any atom is 0.0959 e. The van der Waals surface area contributed by atoms with Gasteiger partial charge in [-0.1, -0.05) is 26.7 Å². The van der Waals surface area contributed by atoms with Gasteiger partial charge in [0, 0.05) is 23.0 Å². The Morgan fingerprint density at radius 1 is 1.25 bits per heavy atom. The van der Waals surface area contributed by atoms with Gasteiger partial charge in [0.25, 0.3) is 0 Å². The summed E-state index contributed by atoms with van der Waals surface area (Å²) < 4.78 is 0. The molecule has 1 N–H and O–H groups in total. The van der Waals surface area contributed by atoms with E-state index >= 15 is 0 Å². The summed E-state index contributed by atoms with van der Waals surface area (Å²) in [7, 11) is 0. The molecule has 1 aromatic rings. The lowest BCUT2D eigenvalue weighted by atomic mass is 9.80. The van der Waals surface area contributed by atoms with Crippen molar-refractivity contribution in [1.29, 1.82) is 0 Å². The quantitative estimate of drug-likeness (QED) is 0.740. The summed E-state index contributed by atoms with van der Waals surface area (Å²) in [5, 5.41) is 4.95. The SMILES string of the molecule is CCCNC(C)c1cnc(C2CCC(CCC)CC2)s1. The molecule has 1 aliphatic rings. The topological polar surface area (TPSA) is 24.9 Å². The first kappa shape index (κ1) is 16.0. The summed E-state index contributed by atoms with van der Waals surface area (Å²) in [6.07, 6.45) is 11.6. The largest absolute Gasteiger partial charge is 0.309 e. The molecule has 0 aliphatic heterocycles. The van der Waals surface area contributed by atoms with E-state index in [-0.39, 0.29) is 0 Å². The summed E-state index contributed by atoms with van der Waals surface area (Å²) >= 11 is 1.94. The molecule has 2 rings (SSSR count). The number of nitrogens with zero attached hydrogens (tertiary/aromatic N) is 1. The van der Waals surface area contributed by atoms with E-state index in [1.165, 1.54) is 54.8 Å². The monoisotopic (exact) mass is 294 g/mol. The summed E-state index contributed by atoms with van der Waals surface area (Å²) in [6, 6.07) is 0.456. The molecule has 20 heavy (non-hydrogen) atoms. The molecular formula is C17H30N2S. The smallest absolute Gasteiger partial charge is 0.0959 e. The third kappa shape index (κ3) is 4.29. The van der Waals surface area contributed by atoms with Crippen molar-refractivity contribution in [2.75, 3.05) is 6.54 Å². The highest BCUT2D eigenvalue weighted by atomic mass is 32.1. The zero-order valence-electron chi connectivity index (χ0n) is 13.3. The van der Waals surface area contributed by atoms with Crippen LogP contribution in [-0.4, -0.2) is 11.5 Å². The van der Waals surface area contributed by atoms with Crippen molar-refractivity contribution in [3.05, 3.63) is 16.1 Å². The van der Waals surface area contributed by atoms with Gasteiger partial charge in [0.2, 0.25) is 0 Å². The van der Waals surface area contributed by atoms with Crippen LogP contribution in [-0.2, 0) is 0 Å². The average molecular weight is 295 g/mol. The van der Waals surface area contributed by atoms with Crippen LogP contribution in [0, 0.1) is 5.92 Å². The minimum Gasteiger partial charge on any atom is -0.309 e. The van der Waals surface area contributed by atoms with Crippen LogP contribution in [0.1, 0.15) is 87.6 Å². The molecule has 2 nitrogen and oxygen atoms in total. The van der Waals surface area contributed by atoms with Crippen molar-refractivity contribution >= 4 is 11.3 Å². The van der Waals surface area contributed by atoms with E-state index in [1.807, 2.05) is 11.3 Å². The Labute approximate surface area is 128 Å². The normalized spacial score (nSPS) is 24.8. The van der Waals surface area contributed by atoms with Crippen molar-refractivity contribution < 1.29 is 0 Å². The van der Waals surface area contributed by atoms with Gasteiger partial charge in [-0.3, -0.25) is 0 Å². The van der Waals surface area contributed by atoms with Crippen molar-refractivity contribution in [3.63, 3.8) is 0 Å². The molecule has 1 aliphatic carbocycles. The van der Waals surface area contributed by atoms with Crippen molar-refractivity contribution in [2.45, 2.75) is 77.7 Å². The predicted molar refractivity (Wildman–Crippen MR) is 88.4 cm³/mol. The van der Waals surface area contributed by atoms with E-state index in [9.17, 15) is 0 Å². The lowest BCUT2D eigenvalue weighted by Gasteiger charge is -2.27. The highest BCUT2D eigenvalue weighted by Crippen LogP contribution is 2.39.